The van der Waals surface area contributed by atoms with E-state index < -0.39 is 12.1 Å². The lowest BCUT2D eigenvalue weighted by Gasteiger charge is -2.31. The van der Waals surface area contributed by atoms with Crippen LogP contribution in [0.25, 0.3) is 0 Å². The predicted octanol–water partition coefficient (Wildman–Crippen LogP) is 3.72. The van der Waals surface area contributed by atoms with E-state index in [1.54, 1.807) is 0 Å². The molecule has 1 aromatic heterocycles. The highest BCUT2D eigenvalue weighted by Gasteiger charge is 2.41. The Balaban J connectivity index is 1.82. The third kappa shape index (κ3) is 4.00. The largest absolute Gasteiger partial charge is 0.391 e. The van der Waals surface area contributed by atoms with Gasteiger partial charge in [0.1, 0.15) is 0 Å². The molecule has 0 amide bonds. The maximum Gasteiger partial charge on any atom is 0.391 e. The van der Waals surface area contributed by atoms with Crippen LogP contribution in [0, 0.1) is 5.92 Å². The molecule has 1 aliphatic rings. The standard InChI is InChI=1S/C14H21F3N2/c1-2-19-7-6-11(10-19)9-18-13-5-3-4-12(8-13)14(15,16)17/h6-7,10,12-13,18H,2-5,8-9H2,1H3. The summed E-state index contributed by atoms with van der Waals surface area (Å²) >= 11 is 0. The molecule has 1 aromatic rings. The number of nitrogens with zero attached hydrogens (tertiary/aromatic N) is 1. The molecule has 2 nitrogen and oxygen atoms in total. The van der Waals surface area contributed by atoms with Crippen LogP contribution in [-0.4, -0.2) is 16.8 Å². The fourth-order valence-corrected chi connectivity index (χ4v) is 2.73. The van der Waals surface area contributed by atoms with Crippen molar-refractivity contribution in [3.05, 3.63) is 24.0 Å². The number of nitrogens with one attached hydrogen (secondary N) is 1. The summed E-state index contributed by atoms with van der Waals surface area (Å²) in [5.74, 6) is -1.13. The molecule has 0 saturated heterocycles. The molecule has 1 heterocycles. The molecular formula is C14H21F3N2. The van der Waals surface area contributed by atoms with Gasteiger partial charge in [0.05, 0.1) is 5.92 Å². The van der Waals surface area contributed by atoms with Gasteiger partial charge in [0, 0.05) is 31.5 Å². The molecule has 0 aliphatic heterocycles. The fraction of sp³-hybridized carbons (Fsp3) is 0.714. The minimum atomic E-state index is -4.04. The maximum atomic E-state index is 12.7. The summed E-state index contributed by atoms with van der Waals surface area (Å²) in [7, 11) is 0. The highest BCUT2D eigenvalue weighted by Crippen LogP contribution is 2.37. The van der Waals surface area contributed by atoms with E-state index in [2.05, 4.69) is 16.8 Å². The van der Waals surface area contributed by atoms with E-state index in [9.17, 15) is 13.2 Å². The number of rotatable bonds is 4. The lowest BCUT2D eigenvalue weighted by molar-refractivity contribution is -0.183. The van der Waals surface area contributed by atoms with Gasteiger partial charge in [0.25, 0.3) is 0 Å². The molecule has 2 unspecified atom stereocenters. The van der Waals surface area contributed by atoms with Gasteiger partial charge in [-0.3, -0.25) is 0 Å². The van der Waals surface area contributed by atoms with Gasteiger partial charge < -0.3 is 9.88 Å². The molecule has 1 aliphatic carbocycles. The lowest BCUT2D eigenvalue weighted by Crippen LogP contribution is -2.38. The molecular weight excluding hydrogens is 253 g/mol. The molecule has 2 atom stereocenters. The number of hydrogen-bond acceptors (Lipinski definition) is 1. The summed E-state index contributed by atoms with van der Waals surface area (Å²) in [6.45, 7) is 3.63. The molecule has 1 saturated carbocycles. The smallest absolute Gasteiger partial charge is 0.354 e. The topological polar surface area (TPSA) is 17.0 Å². The molecule has 19 heavy (non-hydrogen) atoms. The van der Waals surface area contributed by atoms with Crippen molar-refractivity contribution in [1.29, 1.82) is 0 Å². The second-order valence-electron chi connectivity index (χ2n) is 5.33. The Morgan fingerprint density at radius 2 is 2.16 bits per heavy atom. The molecule has 0 spiro atoms. The normalized spacial score (nSPS) is 24.6. The Morgan fingerprint density at radius 3 is 2.79 bits per heavy atom. The number of halogens is 3. The molecule has 0 bridgehead atoms. The van der Waals surface area contributed by atoms with Crippen molar-refractivity contribution >= 4 is 0 Å². The number of hydrogen-bond donors (Lipinski definition) is 1. The molecule has 0 aromatic carbocycles. The Kier molecular flexibility index (Phi) is 4.55. The summed E-state index contributed by atoms with van der Waals surface area (Å²) in [5, 5.41) is 3.26. The van der Waals surface area contributed by atoms with E-state index in [1.807, 2.05) is 18.5 Å². The molecule has 108 valence electrons. The third-order valence-electron chi connectivity index (χ3n) is 3.91. The Bertz CT molecular complexity index is 398. The summed E-state index contributed by atoms with van der Waals surface area (Å²) in [4.78, 5) is 0. The fourth-order valence-electron chi connectivity index (χ4n) is 2.73. The van der Waals surface area contributed by atoms with E-state index in [0.717, 1.165) is 18.5 Å². The van der Waals surface area contributed by atoms with Crippen LogP contribution < -0.4 is 5.32 Å². The highest BCUT2D eigenvalue weighted by molar-refractivity contribution is 5.10. The van der Waals surface area contributed by atoms with Gasteiger partial charge in [-0.1, -0.05) is 6.42 Å². The van der Waals surface area contributed by atoms with Crippen molar-refractivity contribution in [2.45, 2.75) is 57.9 Å². The maximum absolute atomic E-state index is 12.7. The van der Waals surface area contributed by atoms with Gasteiger partial charge in [0.15, 0.2) is 0 Å². The molecule has 5 heteroatoms. The van der Waals surface area contributed by atoms with Crippen molar-refractivity contribution in [3.63, 3.8) is 0 Å². The van der Waals surface area contributed by atoms with Crippen molar-refractivity contribution in [1.82, 2.24) is 9.88 Å². The van der Waals surface area contributed by atoms with Gasteiger partial charge in [-0.2, -0.15) is 13.2 Å². The lowest BCUT2D eigenvalue weighted by atomic mass is 9.85. The van der Waals surface area contributed by atoms with Crippen molar-refractivity contribution in [2.24, 2.45) is 5.92 Å². The number of aromatic nitrogens is 1. The van der Waals surface area contributed by atoms with Crippen molar-refractivity contribution in [3.8, 4) is 0 Å². The molecule has 0 radical (unpaired) electrons. The van der Waals surface area contributed by atoms with Crippen LogP contribution in [0.2, 0.25) is 0 Å². The first-order valence-electron chi connectivity index (χ1n) is 6.93. The van der Waals surface area contributed by atoms with Crippen molar-refractivity contribution in [2.75, 3.05) is 0 Å². The minimum Gasteiger partial charge on any atom is -0.354 e. The average molecular weight is 274 g/mol. The van der Waals surface area contributed by atoms with Gasteiger partial charge in [-0.05, 0) is 37.8 Å². The van der Waals surface area contributed by atoms with Crippen LogP contribution in [0.1, 0.15) is 38.2 Å². The SMILES string of the molecule is CCn1ccc(CNC2CCCC(C(F)(F)F)C2)c1. The summed E-state index contributed by atoms with van der Waals surface area (Å²) in [6.07, 6.45) is 2.02. The summed E-state index contributed by atoms with van der Waals surface area (Å²) in [5.41, 5.74) is 1.14. The van der Waals surface area contributed by atoms with Crippen LogP contribution in [0.3, 0.4) is 0 Å². The van der Waals surface area contributed by atoms with Crippen LogP contribution in [0.5, 0.6) is 0 Å². The monoisotopic (exact) mass is 274 g/mol. The first-order chi connectivity index (χ1) is 8.99. The zero-order chi connectivity index (χ0) is 13.9. The quantitative estimate of drug-likeness (QED) is 0.885. The summed E-state index contributed by atoms with van der Waals surface area (Å²) < 4.78 is 40.2. The van der Waals surface area contributed by atoms with Gasteiger partial charge >= 0.3 is 6.18 Å². The average Bonchev–Trinajstić information content (AvgIpc) is 2.84. The van der Waals surface area contributed by atoms with Gasteiger partial charge in [0.2, 0.25) is 0 Å². The zero-order valence-corrected chi connectivity index (χ0v) is 11.2. The first-order valence-corrected chi connectivity index (χ1v) is 6.93. The zero-order valence-electron chi connectivity index (χ0n) is 11.2. The number of alkyl halides is 3. The second-order valence-corrected chi connectivity index (χ2v) is 5.33. The van der Waals surface area contributed by atoms with Crippen LogP contribution in [-0.2, 0) is 13.1 Å². The Labute approximate surface area is 112 Å². The second kappa shape index (κ2) is 5.99. The first kappa shape index (κ1) is 14.4. The molecule has 1 fully saturated rings. The molecule has 2 rings (SSSR count). The van der Waals surface area contributed by atoms with E-state index in [1.165, 1.54) is 0 Å². The minimum absolute atomic E-state index is 0.00893. The van der Waals surface area contributed by atoms with Crippen molar-refractivity contribution < 1.29 is 13.2 Å². The van der Waals surface area contributed by atoms with E-state index in [4.69, 9.17) is 0 Å². The van der Waals surface area contributed by atoms with E-state index in [-0.39, 0.29) is 18.9 Å². The molecule has 1 N–H and O–H groups in total. The van der Waals surface area contributed by atoms with Crippen LogP contribution in [0.15, 0.2) is 18.5 Å². The van der Waals surface area contributed by atoms with E-state index >= 15 is 0 Å². The summed E-state index contributed by atoms with van der Waals surface area (Å²) in [6, 6.07) is 2.01. The van der Waals surface area contributed by atoms with Crippen LogP contribution in [0.4, 0.5) is 13.2 Å². The highest BCUT2D eigenvalue weighted by atomic mass is 19.4. The Hall–Kier alpha value is -0.970. The van der Waals surface area contributed by atoms with Gasteiger partial charge in [-0.15, -0.1) is 0 Å². The van der Waals surface area contributed by atoms with Crippen LogP contribution >= 0.6 is 0 Å². The Morgan fingerprint density at radius 1 is 1.37 bits per heavy atom. The predicted molar refractivity (Wildman–Crippen MR) is 68.7 cm³/mol. The third-order valence-corrected chi connectivity index (χ3v) is 3.91. The van der Waals surface area contributed by atoms with Gasteiger partial charge in [-0.25, -0.2) is 0 Å². The number of aryl methyl sites for hydroxylation is 1. The van der Waals surface area contributed by atoms with E-state index in [0.29, 0.717) is 13.0 Å².